The van der Waals surface area contributed by atoms with Crippen molar-refractivity contribution in [1.82, 2.24) is 4.90 Å². The first-order valence-electron chi connectivity index (χ1n) is 7.09. The summed E-state index contributed by atoms with van der Waals surface area (Å²) in [5, 5.41) is 0.907. The van der Waals surface area contributed by atoms with E-state index in [4.69, 9.17) is 4.74 Å². The van der Waals surface area contributed by atoms with E-state index < -0.39 is 0 Å². The third-order valence-corrected chi connectivity index (χ3v) is 3.45. The molecule has 1 rings (SSSR count). The summed E-state index contributed by atoms with van der Waals surface area (Å²) in [6.07, 6.45) is 1.10. The molecule has 0 fully saturated rings. The molecule has 0 aliphatic carbocycles. The molecule has 3 nitrogen and oxygen atoms in total. The third-order valence-electron chi connectivity index (χ3n) is 2.89. The molecule has 20 heavy (non-hydrogen) atoms. The van der Waals surface area contributed by atoms with Crippen molar-refractivity contribution in [1.29, 1.82) is 0 Å². The maximum absolute atomic E-state index is 12.5. The van der Waals surface area contributed by atoms with Gasteiger partial charge in [-0.1, -0.05) is 15.9 Å². The summed E-state index contributed by atoms with van der Waals surface area (Å²) in [7, 11) is 0. The summed E-state index contributed by atoms with van der Waals surface area (Å²) in [5.41, 5.74) is 0.712. The zero-order valence-electron chi connectivity index (χ0n) is 12.7. The van der Waals surface area contributed by atoms with E-state index in [9.17, 15) is 4.79 Å². The second-order valence-corrected chi connectivity index (χ2v) is 6.12. The molecule has 0 bridgehead atoms. The second kappa shape index (κ2) is 8.30. The van der Waals surface area contributed by atoms with Gasteiger partial charge in [0.2, 0.25) is 0 Å². The monoisotopic (exact) mass is 341 g/mol. The van der Waals surface area contributed by atoms with Gasteiger partial charge in [0.05, 0.1) is 6.10 Å². The molecule has 1 amide bonds. The molecule has 0 saturated heterocycles. The fourth-order valence-corrected chi connectivity index (χ4v) is 2.19. The predicted molar refractivity (Wildman–Crippen MR) is 86.8 cm³/mol. The molecule has 0 spiro atoms. The smallest absolute Gasteiger partial charge is 0.254 e. The largest absolute Gasteiger partial charge is 0.491 e. The van der Waals surface area contributed by atoms with Crippen LogP contribution in [-0.4, -0.2) is 34.8 Å². The van der Waals surface area contributed by atoms with Gasteiger partial charge in [0, 0.05) is 23.5 Å². The summed E-state index contributed by atoms with van der Waals surface area (Å²) in [4.78, 5) is 14.4. The number of halogens is 1. The van der Waals surface area contributed by atoms with Crippen molar-refractivity contribution in [3.8, 4) is 5.75 Å². The van der Waals surface area contributed by atoms with Crippen molar-refractivity contribution in [3.05, 3.63) is 29.8 Å². The number of rotatable bonds is 7. The van der Waals surface area contributed by atoms with Crippen LogP contribution in [0, 0.1) is 0 Å². The van der Waals surface area contributed by atoms with Gasteiger partial charge in [0.25, 0.3) is 5.91 Å². The molecule has 1 aromatic rings. The highest BCUT2D eigenvalue weighted by molar-refractivity contribution is 9.09. The number of amides is 1. The Morgan fingerprint density at radius 1 is 1.20 bits per heavy atom. The molecule has 0 heterocycles. The molecule has 112 valence electrons. The van der Waals surface area contributed by atoms with Crippen molar-refractivity contribution in [2.75, 3.05) is 11.9 Å². The number of hydrogen-bond donors (Lipinski definition) is 0. The van der Waals surface area contributed by atoms with E-state index in [-0.39, 0.29) is 18.1 Å². The first-order valence-corrected chi connectivity index (χ1v) is 8.21. The molecule has 4 heteroatoms. The van der Waals surface area contributed by atoms with E-state index in [2.05, 4.69) is 15.9 Å². The molecule has 0 N–H and O–H groups in total. The minimum absolute atomic E-state index is 0.0806. The summed E-state index contributed by atoms with van der Waals surface area (Å²) in [6.45, 7) is 8.83. The number of hydrogen-bond acceptors (Lipinski definition) is 2. The lowest BCUT2D eigenvalue weighted by Crippen LogP contribution is -2.37. The maximum Gasteiger partial charge on any atom is 0.254 e. The van der Waals surface area contributed by atoms with E-state index in [0.717, 1.165) is 24.0 Å². The fourth-order valence-electron chi connectivity index (χ4n) is 1.94. The summed E-state index contributed by atoms with van der Waals surface area (Å²) >= 11 is 3.41. The first kappa shape index (κ1) is 17.0. The Balaban J connectivity index is 2.78. The average molecular weight is 342 g/mol. The SMILES string of the molecule is CC(C)Oc1ccc(C(=O)N(CCCBr)C(C)C)cc1. The molecule has 0 aliphatic rings. The lowest BCUT2D eigenvalue weighted by atomic mass is 10.1. The van der Waals surface area contributed by atoms with Crippen molar-refractivity contribution >= 4 is 21.8 Å². The van der Waals surface area contributed by atoms with Gasteiger partial charge >= 0.3 is 0 Å². The Morgan fingerprint density at radius 3 is 2.25 bits per heavy atom. The summed E-state index contributed by atoms with van der Waals surface area (Å²) < 4.78 is 5.59. The molecule has 0 atom stereocenters. The first-order chi connectivity index (χ1) is 9.45. The number of nitrogens with zero attached hydrogens (tertiary/aromatic N) is 1. The average Bonchev–Trinajstić information content (AvgIpc) is 2.38. The highest BCUT2D eigenvalue weighted by Gasteiger charge is 2.18. The van der Waals surface area contributed by atoms with Gasteiger partial charge in [-0.05, 0) is 58.4 Å². The highest BCUT2D eigenvalue weighted by Crippen LogP contribution is 2.16. The number of carbonyl (C=O) groups is 1. The minimum atomic E-state index is 0.0806. The van der Waals surface area contributed by atoms with E-state index in [1.54, 1.807) is 0 Å². The van der Waals surface area contributed by atoms with Crippen LogP contribution < -0.4 is 4.74 Å². The Labute approximate surface area is 130 Å². The fraction of sp³-hybridized carbons (Fsp3) is 0.562. The lowest BCUT2D eigenvalue weighted by Gasteiger charge is -2.26. The summed E-state index contributed by atoms with van der Waals surface area (Å²) in [6, 6.07) is 7.59. The zero-order chi connectivity index (χ0) is 15.1. The number of carbonyl (C=O) groups excluding carboxylic acids is 1. The van der Waals surface area contributed by atoms with E-state index >= 15 is 0 Å². The molecule has 0 aromatic heterocycles. The van der Waals surface area contributed by atoms with Crippen molar-refractivity contribution in [3.63, 3.8) is 0 Å². The Morgan fingerprint density at radius 2 is 1.80 bits per heavy atom. The zero-order valence-corrected chi connectivity index (χ0v) is 14.3. The van der Waals surface area contributed by atoms with Crippen LogP contribution in [-0.2, 0) is 0 Å². The summed E-state index contributed by atoms with van der Waals surface area (Å²) in [5.74, 6) is 0.880. The highest BCUT2D eigenvalue weighted by atomic mass is 79.9. The van der Waals surface area contributed by atoms with Crippen LogP contribution in [0.1, 0.15) is 44.5 Å². The topological polar surface area (TPSA) is 29.5 Å². The standard InChI is InChI=1S/C16H24BrNO2/c1-12(2)18(11-5-10-17)16(19)14-6-8-15(9-7-14)20-13(3)4/h6-9,12-13H,5,10-11H2,1-4H3. The van der Waals surface area contributed by atoms with Gasteiger partial charge < -0.3 is 9.64 Å². The van der Waals surface area contributed by atoms with Crippen LogP contribution in [0.25, 0.3) is 0 Å². The lowest BCUT2D eigenvalue weighted by molar-refractivity contribution is 0.0706. The van der Waals surface area contributed by atoms with Gasteiger partial charge in [-0.2, -0.15) is 0 Å². The van der Waals surface area contributed by atoms with Gasteiger partial charge in [-0.15, -0.1) is 0 Å². The number of ether oxygens (including phenoxy) is 1. The molecule has 0 unspecified atom stereocenters. The van der Waals surface area contributed by atoms with Gasteiger partial charge in [-0.3, -0.25) is 4.79 Å². The van der Waals surface area contributed by atoms with Crippen molar-refractivity contribution in [2.24, 2.45) is 0 Å². The van der Waals surface area contributed by atoms with Crippen molar-refractivity contribution in [2.45, 2.75) is 46.3 Å². The van der Waals surface area contributed by atoms with Crippen LogP contribution >= 0.6 is 15.9 Å². The molecular formula is C16H24BrNO2. The normalized spacial score (nSPS) is 10.9. The van der Waals surface area contributed by atoms with Crippen molar-refractivity contribution < 1.29 is 9.53 Å². The van der Waals surface area contributed by atoms with E-state index in [1.165, 1.54) is 0 Å². The maximum atomic E-state index is 12.5. The third kappa shape index (κ3) is 5.16. The van der Waals surface area contributed by atoms with Crippen LogP contribution in [0.4, 0.5) is 0 Å². The van der Waals surface area contributed by atoms with Crippen LogP contribution in [0.15, 0.2) is 24.3 Å². The molecule has 0 saturated carbocycles. The number of benzene rings is 1. The molecular weight excluding hydrogens is 318 g/mol. The van der Waals surface area contributed by atoms with Crippen LogP contribution in [0.2, 0.25) is 0 Å². The predicted octanol–water partition coefficient (Wildman–Crippen LogP) is 4.11. The van der Waals surface area contributed by atoms with E-state index in [0.29, 0.717) is 5.56 Å². The molecule has 0 radical (unpaired) electrons. The van der Waals surface area contributed by atoms with Gasteiger partial charge in [-0.25, -0.2) is 0 Å². The van der Waals surface area contributed by atoms with Gasteiger partial charge in [0.15, 0.2) is 0 Å². The van der Waals surface area contributed by atoms with E-state index in [1.807, 2.05) is 56.9 Å². The van der Waals surface area contributed by atoms with Gasteiger partial charge in [0.1, 0.15) is 5.75 Å². The Hall–Kier alpha value is -1.03. The second-order valence-electron chi connectivity index (χ2n) is 5.33. The molecule has 1 aromatic carbocycles. The minimum Gasteiger partial charge on any atom is -0.491 e. The Bertz CT molecular complexity index is 415. The Kier molecular flexibility index (Phi) is 7.06. The number of alkyl halides is 1. The molecule has 0 aliphatic heterocycles. The quantitative estimate of drug-likeness (QED) is 0.698. The van der Waals surface area contributed by atoms with Crippen LogP contribution in [0.3, 0.4) is 0 Å². The van der Waals surface area contributed by atoms with Crippen LogP contribution in [0.5, 0.6) is 5.75 Å².